The molecule has 2 aromatic carbocycles. The quantitative estimate of drug-likeness (QED) is 0.465. The van der Waals surface area contributed by atoms with E-state index in [1.807, 2.05) is 0 Å². The Balaban J connectivity index is 2.23. The van der Waals surface area contributed by atoms with Crippen molar-refractivity contribution in [2.75, 3.05) is 6.61 Å². The van der Waals surface area contributed by atoms with Gasteiger partial charge < -0.3 is 20.6 Å². The minimum atomic E-state index is -1.67. The van der Waals surface area contributed by atoms with Crippen LogP contribution in [0.25, 0.3) is 11.1 Å². The van der Waals surface area contributed by atoms with E-state index in [0.717, 1.165) is 11.1 Å². The van der Waals surface area contributed by atoms with Gasteiger partial charge in [0.15, 0.2) is 0 Å². The summed E-state index contributed by atoms with van der Waals surface area (Å²) in [4.78, 5) is 34.3. The Kier molecular flexibility index (Phi) is 7.66. The second-order valence-electron chi connectivity index (χ2n) is 7.43. The van der Waals surface area contributed by atoms with E-state index in [1.54, 1.807) is 36.4 Å². The van der Waals surface area contributed by atoms with Crippen LogP contribution in [0.15, 0.2) is 48.5 Å². The number of benzene rings is 2. The Morgan fingerprint density at radius 1 is 1.07 bits per heavy atom. The first-order valence-corrected chi connectivity index (χ1v) is 9.37. The number of halogens is 1. The minimum absolute atomic E-state index is 0.0414. The highest BCUT2D eigenvalue weighted by molar-refractivity contribution is 6.31. The predicted octanol–water partition coefficient (Wildman–Crippen LogP) is 2.47. The molecule has 2 atom stereocenters. The number of aliphatic hydroxyl groups excluding tert-OH is 1. The minimum Gasteiger partial charge on any atom is -0.481 e. The Morgan fingerprint density at radius 3 is 2.27 bits per heavy atom. The smallest absolute Gasteiger partial charge is 0.394 e. The van der Waals surface area contributed by atoms with Crippen molar-refractivity contribution < 1.29 is 34.1 Å². The molecule has 0 aliphatic heterocycles. The summed E-state index contributed by atoms with van der Waals surface area (Å²) in [6.07, 6.45) is 0.0879. The fourth-order valence-electron chi connectivity index (χ4n) is 3.29. The van der Waals surface area contributed by atoms with Crippen LogP contribution in [-0.2, 0) is 20.8 Å². The Labute approximate surface area is 173 Å². The third kappa shape index (κ3) is 6.12. The van der Waals surface area contributed by atoms with E-state index in [9.17, 15) is 29.0 Å². The second-order valence-corrected chi connectivity index (χ2v) is 7.43. The summed E-state index contributed by atoms with van der Waals surface area (Å²) in [5, 5.41) is 30.0. The largest absolute Gasteiger partial charge is 0.481 e. The molecular formula is C22H24FNO6. The molecule has 1 amide bonds. The Bertz CT molecular complexity index is 914. The second kappa shape index (κ2) is 9.98. The van der Waals surface area contributed by atoms with Crippen LogP contribution in [0.3, 0.4) is 0 Å². The monoisotopic (exact) mass is 417 g/mol. The van der Waals surface area contributed by atoms with Crippen LogP contribution in [-0.4, -0.2) is 45.8 Å². The molecule has 2 rings (SSSR count). The molecule has 7 nitrogen and oxygen atoms in total. The molecule has 4 N–H and O–H groups in total. The van der Waals surface area contributed by atoms with Crippen molar-refractivity contribution in [1.29, 1.82) is 0 Å². The molecule has 0 heterocycles. The summed E-state index contributed by atoms with van der Waals surface area (Å²) in [6, 6.07) is 12.4. The fourth-order valence-corrected chi connectivity index (χ4v) is 3.29. The van der Waals surface area contributed by atoms with E-state index in [2.05, 4.69) is 5.32 Å². The maximum atomic E-state index is 13.4. The summed E-state index contributed by atoms with van der Waals surface area (Å²) >= 11 is 0. The summed E-state index contributed by atoms with van der Waals surface area (Å²) in [6.45, 7) is 1.09. The third-order valence-electron chi connectivity index (χ3n) is 5.00. The van der Waals surface area contributed by atoms with Crippen molar-refractivity contribution in [1.82, 2.24) is 5.32 Å². The molecule has 0 radical (unpaired) electrons. The lowest BCUT2D eigenvalue weighted by Gasteiger charge is -2.29. The highest BCUT2D eigenvalue weighted by Gasteiger charge is 2.36. The zero-order valence-corrected chi connectivity index (χ0v) is 16.5. The van der Waals surface area contributed by atoms with Crippen molar-refractivity contribution in [3.05, 3.63) is 59.9 Å². The van der Waals surface area contributed by atoms with Gasteiger partial charge in [-0.05, 0) is 55.0 Å². The highest BCUT2D eigenvalue weighted by atomic mass is 19.1. The van der Waals surface area contributed by atoms with Gasteiger partial charge in [-0.25, -0.2) is 9.18 Å². The normalized spacial score (nSPS) is 13.8. The number of nitrogens with one attached hydrogen (secondary N) is 1. The molecule has 8 heteroatoms. The number of carbonyl (C=O) groups excluding carboxylic acids is 1. The van der Waals surface area contributed by atoms with Crippen molar-refractivity contribution in [3.8, 4) is 11.1 Å². The van der Waals surface area contributed by atoms with Gasteiger partial charge >= 0.3 is 17.8 Å². The van der Waals surface area contributed by atoms with Crippen LogP contribution in [0, 0.1) is 11.2 Å². The van der Waals surface area contributed by atoms with Crippen LogP contribution in [0.1, 0.15) is 25.3 Å². The first kappa shape index (κ1) is 23.0. The molecule has 30 heavy (non-hydrogen) atoms. The van der Waals surface area contributed by atoms with E-state index < -0.39 is 29.3 Å². The number of hydrogen-bond donors (Lipinski definition) is 4. The fraction of sp³-hybridized carbons (Fsp3) is 0.318. The average molecular weight is 417 g/mol. The number of amides is 1. The van der Waals surface area contributed by atoms with Crippen molar-refractivity contribution >= 4 is 17.8 Å². The van der Waals surface area contributed by atoms with E-state index >= 15 is 0 Å². The Morgan fingerprint density at radius 2 is 1.73 bits per heavy atom. The maximum absolute atomic E-state index is 13.4. The molecule has 0 aromatic heterocycles. The standard InChI is InChI=1S/C22H24FNO6/c1-22(9-10-25,21(29)30)13-18(24-19(26)20(27)28)11-14-5-7-15(8-6-14)16-3-2-4-17(23)12-16/h2-8,12,18,25H,9-11,13H2,1H3,(H,24,26)(H,27,28)(H,29,30)/t18-,22?/m1/s1. The number of aliphatic hydroxyl groups is 1. The van der Waals surface area contributed by atoms with Crippen molar-refractivity contribution in [2.24, 2.45) is 5.41 Å². The zero-order chi connectivity index (χ0) is 22.3. The molecule has 0 aliphatic carbocycles. The summed E-state index contributed by atoms with van der Waals surface area (Å²) in [7, 11) is 0. The molecular weight excluding hydrogens is 393 g/mol. The number of aliphatic carboxylic acids is 2. The van der Waals surface area contributed by atoms with Gasteiger partial charge in [0.25, 0.3) is 0 Å². The summed E-state index contributed by atoms with van der Waals surface area (Å²) in [5.41, 5.74) is 0.869. The number of carboxylic acids is 2. The molecule has 1 unspecified atom stereocenters. The van der Waals surface area contributed by atoms with Crippen molar-refractivity contribution in [2.45, 2.75) is 32.2 Å². The zero-order valence-electron chi connectivity index (χ0n) is 16.5. The van der Waals surface area contributed by atoms with Gasteiger partial charge in [0, 0.05) is 12.6 Å². The molecule has 0 fully saturated rings. The number of carboxylic acid groups (broad SMARTS) is 2. The number of rotatable bonds is 9. The summed E-state index contributed by atoms with van der Waals surface area (Å²) in [5.74, 6) is -4.40. The van der Waals surface area contributed by atoms with E-state index in [4.69, 9.17) is 5.11 Å². The van der Waals surface area contributed by atoms with E-state index in [0.29, 0.717) is 5.56 Å². The lowest BCUT2D eigenvalue weighted by atomic mass is 9.79. The van der Waals surface area contributed by atoms with Gasteiger partial charge in [0.2, 0.25) is 0 Å². The molecule has 0 spiro atoms. The number of hydrogen-bond acceptors (Lipinski definition) is 4. The van der Waals surface area contributed by atoms with Gasteiger partial charge in [-0.3, -0.25) is 9.59 Å². The first-order valence-electron chi connectivity index (χ1n) is 9.37. The topological polar surface area (TPSA) is 124 Å². The first-order chi connectivity index (χ1) is 14.1. The molecule has 2 aromatic rings. The molecule has 160 valence electrons. The maximum Gasteiger partial charge on any atom is 0.394 e. The number of carbonyl (C=O) groups is 3. The average Bonchev–Trinajstić information content (AvgIpc) is 2.68. The van der Waals surface area contributed by atoms with Crippen LogP contribution < -0.4 is 5.32 Å². The van der Waals surface area contributed by atoms with Gasteiger partial charge in [-0.1, -0.05) is 36.4 Å². The van der Waals surface area contributed by atoms with Crippen molar-refractivity contribution in [3.63, 3.8) is 0 Å². The van der Waals surface area contributed by atoms with Gasteiger partial charge in [0.05, 0.1) is 5.41 Å². The van der Waals surface area contributed by atoms with Crippen LogP contribution in [0.2, 0.25) is 0 Å². The van der Waals surface area contributed by atoms with Crippen LogP contribution >= 0.6 is 0 Å². The predicted molar refractivity (Wildman–Crippen MR) is 107 cm³/mol. The van der Waals surface area contributed by atoms with Crippen LogP contribution in [0.5, 0.6) is 0 Å². The SMILES string of the molecule is CC(CCO)(C[C@@H](Cc1ccc(-c2cccc(F)c2)cc1)NC(=O)C(=O)O)C(=O)O. The van der Waals surface area contributed by atoms with E-state index in [-0.39, 0.29) is 31.7 Å². The highest BCUT2D eigenvalue weighted by Crippen LogP contribution is 2.29. The lowest BCUT2D eigenvalue weighted by Crippen LogP contribution is -2.45. The molecule has 0 bridgehead atoms. The third-order valence-corrected chi connectivity index (χ3v) is 5.00. The molecule has 0 saturated carbocycles. The van der Waals surface area contributed by atoms with Gasteiger partial charge in [-0.2, -0.15) is 0 Å². The van der Waals surface area contributed by atoms with Crippen LogP contribution in [0.4, 0.5) is 4.39 Å². The molecule has 0 aliphatic rings. The summed E-state index contributed by atoms with van der Waals surface area (Å²) < 4.78 is 13.4. The lowest BCUT2D eigenvalue weighted by molar-refractivity contribution is -0.152. The van der Waals surface area contributed by atoms with Gasteiger partial charge in [0.1, 0.15) is 5.82 Å². The Hall–Kier alpha value is -3.26. The van der Waals surface area contributed by atoms with Gasteiger partial charge in [-0.15, -0.1) is 0 Å². The van der Waals surface area contributed by atoms with E-state index in [1.165, 1.54) is 19.1 Å². The molecule has 0 saturated heterocycles.